The lowest BCUT2D eigenvalue weighted by Crippen LogP contribution is -2.15. The molecule has 2 aromatic heterocycles. The fraction of sp³-hybridized carbons (Fsp3) is 0.167. The number of hydrogen-bond donors (Lipinski definition) is 0. The first-order valence-corrected chi connectivity index (χ1v) is 8.02. The van der Waals surface area contributed by atoms with Gasteiger partial charge in [-0.3, -0.25) is 0 Å². The van der Waals surface area contributed by atoms with Crippen LogP contribution < -0.4 is 0 Å². The highest BCUT2D eigenvalue weighted by atomic mass is 16.5. The lowest BCUT2D eigenvalue weighted by atomic mass is 10.1. The number of aryl methyl sites for hydroxylation is 1. The van der Waals surface area contributed by atoms with Crippen LogP contribution in [0.5, 0.6) is 0 Å². The molecule has 2 aromatic carbocycles. The number of hydrogen-bond acceptors (Lipinski definition) is 7. The molecule has 26 heavy (non-hydrogen) atoms. The highest BCUT2D eigenvalue weighted by Gasteiger charge is 2.12. The summed E-state index contributed by atoms with van der Waals surface area (Å²) in [5.41, 5.74) is 3.35. The normalized spacial score (nSPS) is 11.0. The number of nitrogens with zero attached hydrogens (tertiary/aromatic N) is 5. The number of aromatic nitrogens is 5. The van der Waals surface area contributed by atoms with E-state index in [0.29, 0.717) is 17.3 Å². The van der Waals surface area contributed by atoms with Crippen molar-refractivity contribution in [2.45, 2.75) is 20.1 Å². The van der Waals surface area contributed by atoms with Gasteiger partial charge >= 0.3 is 5.97 Å². The lowest BCUT2D eigenvalue weighted by molar-refractivity contribution is -0.146. The van der Waals surface area contributed by atoms with Crippen LogP contribution in [-0.4, -0.2) is 31.2 Å². The number of fused-ring (bicyclic) bond motifs is 1. The second-order valence-electron chi connectivity index (χ2n) is 5.75. The van der Waals surface area contributed by atoms with Crippen LogP contribution in [0.25, 0.3) is 22.5 Å². The van der Waals surface area contributed by atoms with E-state index in [1.54, 1.807) is 6.07 Å². The molecular formula is C18H15N5O3. The molecular weight excluding hydrogens is 334 g/mol. The molecule has 0 spiro atoms. The van der Waals surface area contributed by atoms with Crippen molar-refractivity contribution in [3.8, 4) is 11.4 Å². The third kappa shape index (κ3) is 3.44. The predicted octanol–water partition coefficient (Wildman–Crippen LogP) is 2.53. The van der Waals surface area contributed by atoms with Crippen molar-refractivity contribution in [2.75, 3.05) is 0 Å². The Morgan fingerprint density at radius 2 is 1.96 bits per heavy atom. The molecule has 0 bridgehead atoms. The Balaban J connectivity index is 1.36. The van der Waals surface area contributed by atoms with Gasteiger partial charge < -0.3 is 9.15 Å². The molecule has 8 heteroatoms. The quantitative estimate of drug-likeness (QED) is 0.511. The first kappa shape index (κ1) is 15.9. The topological polar surface area (TPSA) is 95.9 Å². The van der Waals surface area contributed by atoms with Gasteiger partial charge in [-0.05, 0) is 24.3 Å². The number of carbonyl (C=O) groups excluding carboxylic acids is 1. The number of ether oxygens (including phenoxy) is 1. The zero-order chi connectivity index (χ0) is 17.9. The zero-order valence-electron chi connectivity index (χ0n) is 14.0. The Morgan fingerprint density at radius 1 is 1.15 bits per heavy atom. The van der Waals surface area contributed by atoms with Crippen LogP contribution in [0.3, 0.4) is 0 Å². The van der Waals surface area contributed by atoms with Crippen molar-refractivity contribution >= 4 is 17.1 Å². The second-order valence-corrected chi connectivity index (χ2v) is 5.75. The third-order valence-electron chi connectivity index (χ3n) is 3.73. The molecule has 0 N–H and O–H groups in total. The van der Waals surface area contributed by atoms with E-state index in [1.807, 2.05) is 49.4 Å². The van der Waals surface area contributed by atoms with Crippen LogP contribution in [0, 0.1) is 6.92 Å². The first-order chi connectivity index (χ1) is 12.7. The van der Waals surface area contributed by atoms with Crippen molar-refractivity contribution in [1.82, 2.24) is 25.2 Å². The Bertz CT molecular complexity index is 1020. The standard InChI is InChI=1S/C18H15N5O3/c1-12-6-8-13(9-7-12)18-20-22-23(21-18)10-17(24)25-11-16-19-14-4-2-3-5-15(14)26-16/h2-9H,10-11H2,1H3. The van der Waals surface area contributed by atoms with Crippen molar-refractivity contribution in [1.29, 1.82) is 0 Å². The van der Waals surface area contributed by atoms with E-state index in [0.717, 1.165) is 16.6 Å². The van der Waals surface area contributed by atoms with E-state index in [2.05, 4.69) is 20.4 Å². The highest BCUT2D eigenvalue weighted by Crippen LogP contribution is 2.16. The molecule has 0 saturated carbocycles. The van der Waals surface area contributed by atoms with Crippen molar-refractivity contribution < 1.29 is 13.9 Å². The molecule has 0 fully saturated rings. The number of esters is 1. The van der Waals surface area contributed by atoms with E-state index >= 15 is 0 Å². The minimum Gasteiger partial charge on any atom is -0.454 e. The van der Waals surface area contributed by atoms with E-state index in [-0.39, 0.29) is 13.2 Å². The van der Waals surface area contributed by atoms with Crippen LogP contribution in [0.4, 0.5) is 0 Å². The summed E-state index contributed by atoms with van der Waals surface area (Å²) < 4.78 is 10.7. The summed E-state index contributed by atoms with van der Waals surface area (Å²) in [6, 6.07) is 15.1. The minimum absolute atomic E-state index is 0.0486. The van der Waals surface area contributed by atoms with Gasteiger partial charge in [0.1, 0.15) is 5.52 Å². The molecule has 0 atom stereocenters. The maximum atomic E-state index is 12.0. The van der Waals surface area contributed by atoms with Gasteiger partial charge in [-0.25, -0.2) is 9.78 Å². The molecule has 0 aliphatic carbocycles. The maximum absolute atomic E-state index is 12.0. The fourth-order valence-electron chi connectivity index (χ4n) is 2.41. The fourth-order valence-corrected chi connectivity index (χ4v) is 2.41. The molecule has 0 aliphatic rings. The monoisotopic (exact) mass is 349 g/mol. The Kier molecular flexibility index (Phi) is 4.14. The molecule has 2 heterocycles. The van der Waals surface area contributed by atoms with Gasteiger partial charge in [0.15, 0.2) is 18.7 Å². The number of tetrazole rings is 1. The first-order valence-electron chi connectivity index (χ1n) is 8.02. The average Bonchev–Trinajstić information content (AvgIpc) is 3.27. The lowest BCUT2D eigenvalue weighted by Gasteiger charge is -2.00. The van der Waals surface area contributed by atoms with E-state index in [1.165, 1.54) is 4.80 Å². The Hall–Kier alpha value is -3.55. The summed E-state index contributed by atoms with van der Waals surface area (Å²) in [5, 5.41) is 12.0. The van der Waals surface area contributed by atoms with Crippen LogP contribution >= 0.6 is 0 Å². The number of rotatable bonds is 5. The van der Waals surface area contributed by atoms with Gasteiger partial charge in [-0.15, -0.1) is 10.2 Å². The van der Waals surface area contributed by atoms with Crippen LogP contribution in [0.2, 0.25) is 0 Å². The molecule has 0 unspecified atom stereocenters. The summed E-state index contributed by atoms with van der Waals surface area (Å²) in [7, 11) is 0. The van der Waals surface area contributed by atoms with Crippen LogP contribution in [0.15, 0.2) is 52.9 Å². The summed E-state index contributed by atoms with van der Waals surface area (Å²) in [6.07, 6.45) is 0. The van der Waals surface area contributed by atoms with Gasteiger partial charge in [0.05, 0.1) is 0 Å². The van der Waals surface area contributed by atoms with Crippen molar-refractivity contribution in [3.05, 3.63) is 60.0 Å². The Labute approximate surface area is 148 Å². The summed E-state index contributed by atoms with van der Waals surface area (Å²) in [6.45, 7) is 1.81. The molecule has 0 aliphatic heterocycles. The van der Waals surface area contributed by atoms with E-state index in [4.69, 9.17) is 9.15 Å². The van der Waals surface area contributed by atoms with Gasteiger partial charge in [0.25, 0.3) is 0 Å². The summed E-state index contributed by atoms with van der Waals surface area (Å²) in [5.74, 6) is 0.295. The SMILES string of the molecule is Cc1ccc(-c2nnn(CC(=O)OCc3nc4ccccc4o3)n2)cc1. The number of oxazole rings is 1. The van der Waals surface area contributed by atoms with Gasteiger partial charge in [-0.1, -0.05) is 42.0 Å². The predicted molar refractivity (Wildman–Crippen MR) is 91.8 cm³/mol. The van der Waals surface area contributed by atoms with Gasteiger partial charge in [0.2, 0.25) is 11.7 Å². The molecule has 130 valence electrons. The summed E-state index contributed by atoms with van der Waals surface area (Å²) in [4.78, 5) is 17.4. The summed E-state index contributed by atoms with van der Waals surface area (Å²) >= 11 is 0. The van der Waals surface area contributed by atoms with Crippen LogP contribution in [0.1, 0.15) is 11.5 Å². The van der Waals surface area contributed by atoms with E-state index < -0.39 is 5.97 Å². The van der Waals surface area contributed by atoms with E-state index in [9.17, 15) is 4.79 Å². The molecule has 0 radical (unpaired) electrons. The van der Waals surface area contributed by atoms with Gasteiger partial charge in [-0.2, -0.15) is 4.80 Å². The van der Waals surface area contributed by atoms with Crippen LogP contribution in [-0.2, 0) is 22.7 Å². The molecule has 4 aromatic rings. The minimum atomic E-state index is -0.500. The van der Waals surface area contributed by atoms with Gasteiger partial charge in [0, 0.05) is 5.56 Å². The molecule has 0 amide bonds. The molecule has 8 nitrogen and oxygen atoms in total. The maximum Gasteiger partial charge on any atom is 0.330 e. The van der Waals surface area contributed by atoms with Crippen molar-refractivity contribution in [2.24, 2.45) is 0 Å². The number of para-hydroxylation sites is 2. The molecule has 4 rings (SSSR count). The number of benzene rings is 2. The Morgan fingerprint density at radius 3 is 2.77 bits per heavy atom. The number of carbonyl (C=O) groups is 1. The molecule has 0 saturated heterocycles. The largest absolute Gasteiger partial charge is 0.454 e. The second kappa shape index (κ2) is 6.75. The third-order valence-corrected chi connectivity index (χ3v) is 3.73. The highest BCUT2D eigenvalue weighted by molar-refractivity contribution is 5.72. The average molecular weight is 349 g/mol. The smallest absolute Gasteiger partial charge is 0.330 e. The van der Waals surface area contributed by atoms with Crippen molar-refractivity contribution in [3.63, 3.8) is 0 Å². The zero-order valence-corrected chi connectivity index (χ0v) is 14.0.